The van der Waals surface area contributed by atoms with Crippen LogP contribution in [0, 0.1) is 0 Å². The smallest absolute Gasteiger partial charge is 0.303 e. The summed E-state index contributed by atoms with van der Waals surface area (Å²) in [5, 5.41) is -0.665. The lowest BCUT2D eigenvalue weighted by Gasteiger charge is -2.17. The fourth-order valence-electron chi connectivity index (χ4n) is 1.33. The van der Waals surface area contributed by atoms with Gasteiger partial charge in [-0.25, -0.2) is 4.39 Å². The molecule has 0 aromatic carbocycles. The van der Waals surface area contributed by atoms with Crippen molar-refractivity contribution in [2.24, 2.45) is 0 Å². The molecule has 1 aliphatic heterocycles. The summed E-state index contributed by atoms with van der Waals surface area (Å²) in [6, 6.07) is 0. The van der Waals surface area contributed by atoms with Gasteiger partial charge in [-0.05, 0) is 6.42 Å². The summed E-state index contributed by atoms with van der Waals surface area (Å²) < 4.78 is 23.4. The molecule has 1 saturated heterocycles. The zero-order chi connectivity index (χ0) is 10.0. The molecule has 5 heteroatoms. The maximum Gasteiger partial charge on any atom is 0.303 e. The lowest BCUT2D eigenvalue weighted by Crippen LogP contribution is -2.32. The third-order valence-corrected chi connectivity index (χ3v) is 2.66. The number of halogens is 2. The molecule has 0 amide bonds. The highest BCUT2D eigenvalue weighted by molar-refractivity contribution is 9.09. The van der Waals surface area contributed by atoms with E-state index in [-0.39, 0.29) is 6.10 Å². The van der Waals surface area contributed by atoms with Crippen molar-refractivity contribution in [2.45, 2.75) is 43.7 Å². The van der Waals surface area contributed by atoms with Crippen LogP contribution < -0.4 is 0 Å². The Morgan fingerprint density at radius 2 is 2.31 bits per heavy atom. The molecule has 1 aliphatic rings. The molecule has 76 valence electrons. The Labute approximate surface area is 84.7 Å². The zero-order valence-electron chi connectivity index (χ0n) is 7.50. The highest BCUT2D eigenvalue weighted by Crippen LogP contribution is 2.31. The second-order valence-corrected chi connectivity index (χ2v) is 3.85. The van der Waals surface area contributed by atoms with Crippen molar-refractivity contribution in [3.8, 4) is 0 Å². The molecule has 1 heterocycles. The molecule has 0 saturated carbocycles. The minimum Gasteiger partial charge on any atom is -0.457 e. The van der Waals surface area contributed by atoms with Crippen molar-refractivity contribution in [3.05, 3.63) is 0 Å². The van der Waals surface area contributed by atoms with Gasteiger partial charge in [-0.3, -0.25) is 4.79 Å². The first-order valence-electron chi connectivity index (χ1n) is 4.17. The van der Waals surface area contributed by atoms with Crippen LogP contribution in [0.3, 0.4) is 0 Å². The van der Waals surface area contributed by atoms with Crippen LogP contribution in [-0.4, -0.2) is 29.4 Å². The van der Waals surface area contributed by atoms with Crippen molar-refractivity contribution in [1.82, 2.24) is 0 Å². The second kappa shape index (κ2) is 4.37. The van der Waals surface area contributed by atoms with Gasteiger partial charge in [-0.15, -0.1) is 0 Å². The Kier molecular flexibility index (Phi) is 3.67. The van der Waals surface area contributed by atoms with Crippen LogP contribution in [0.25, 0.3) is 0 Å². The van der Waals surface area contributed by atoms with Gasteiger partial charge in [0.05, 0.1) is 6.10 Å². The van der Waals surface area contributed by atoms with E-state index in [2.05, 4.69) is 15.9 Å². The molecule has 0 aromatic heterocycles. The third kappa shape index (κ3) is 2.40. The fourth-order valence-corrected chi connectivity index (χ4v) is 1.91. The SMILES string of the molecule is CC[C@H]1OC(Br)C(F)[C@H]1OC(C)=O. The van der Waals surface area contributed by atoms with E-state index in [1.165, 1.54) is 6.92 Å². The van der Waals surface area contributed by atoms with Crippen molar-refractivity contribution < 1.29 is 18.7 Å². The number of carbonyl (C=O) groups is 1. The minimum absolute atomic E-state index is 0.344. The summed E-state index contributed by atoms with van der Waals surface area (Å²) in [4.78, 5) is 10.7. The van der Waals surface area contributed by atoms with Crippen molar-refractivity contribution >= 4 is 21.9 Å². The molecular weight excluding hydrogens is 243 g/mol. The fraction of sp³-hybridized carbons (Fsp3) is 0.875. The summed E-state index contributed by atoms with van der Waals surface area (Å²) in [7, 11) is 0. The molecule has 0 aliphatic carbocycles. The predicted molar refractivity (Wildman–Crippen MR) is 48.3 cm³/mol. The molecule has 2 unspecified atom stereocenters. The summed E-state index contributed by atoms with van der Waals surface area (Å²) in [6.45, 7) is 3.12. The van der Waals surface area contributed by atoms with Gasteiger partial charge in [0, 0.05) is 6.92 Å². The number of carbonyl (C=O) groups excluding carboxylic acids is 1. The monoisotopic (exact) mass is 254 g/mol. The highest BCUT2D eigenvalue weighted by Gasteiger charge is 2.45. The van der Waals surface area contributed by atoms with Gasteiger partial charge in [0.25, 0.3) is 0 Å². The van der Waals surface area contributed by atoms with E-state index in [1.807, 2.05) is 6.92 Å². The van der Waals surface area contributed by atoms with Gasteiger partial charge in [0.1, 0.15) is 5.01 Å². The number of alkyl halides is 2. The van der Waals surface area contributed by atoms with E-state index < -0.39 is 23.3 Å². The molecule has 13 heavy (non-hydrogen) atoms. The molecule has 0 bridgehead atoms. The van der Waals surface area contributed by atoms with E-state index in [4.69, 9.17) is 9.47 Å². The van der Waals surface area contributed by atoms with Crippen LogP contribution in [-0.2, 0) is 14.3 Å². The molecule has 0 aromatic rings. The van der Waals surface area contributed by atoms with E-state index in [0.29, 0.717) is 6.42 Å². The Morgan fingerprint density at radius 3 is 2.77 bits per heavy atom. The highest BCUT2D eigenvalue weighted by atomic mass is 79.9. The summed E-state index contributed by atoms with van der Waals surface area (Å²) >= 11 is 3.03. The van der Waals surface area contributed by atoms with E-state index in [1.54, 1.807) is 0 Å². The van der Waals surface area contributed by atoms with E-state index >= 15 is 0 Å². The van der Waals surface area contributed by atoms with Gasteiger partial charge in [-0.1, -0.05) is 22.9 Å². The second-order valence-electron chi connectivity index (χ2n) is 2.95. The van der Waals surface area contributed by atoms with Crippen LogP contribution in [0.5, 0.6) is 0 Å². The Hall–Kier alpha value is -0.160. The van der Waals surface area contributed by atoms with Gasteiger partial charge < -0.3 is 9.47 Å². The zero-order valence-corrected chi connectivity index (χ0v) is 9.08. The van der Waals surface area contributed by atoms with Gasteiger partial charge in [-0.2, -0.15) is 0 Å². The molecule has 1 fully saturated rings. The Bertz CT molecular complexity index is 200. The number of ether oxygens (including phenoxy) is 2. The minimum atomic E-state index is -1.28. The molecule has 1 rings (SSSR count). The predicted octanol–water partition coefficient (Wildman–Crippen LogP) is 1.79. The number of esters is 1. The molecule has 0 radical (unpaired) electrons. The first-order valence-corrected chi connectivity index (χ1v) is 5.08. The van der Waals surface area contributed by atoms with Crippen molar-refractivity contribution in [1.29, 1.82) is 0 Å². The first kappa shape index (κ1) is 10.9. The Balaban J connectivity index is 2.62. The Morgan fingerprint density at radius 1 is 1.69 bits per heavy atom. The molecule has 3 nitrogen and oxygen atoms in total. The maximum absolute atomic E-state index is 13.3. The largest absolute Gasteiger partial charge is 0.457 e. The molecule has 0 spiro atoms. The van der Waals surface area contributed by atoms with Crippen LogP contribution >= 0.6 is 15.9 Å². The number of rotatable bonds is 2. The van der Waals surface area contributed by atoms with Crippen LogP contribution in [0.15, 0.2) is 0 Å². The number of hydrogen-bond acceptors (Lipinski definition) is 3. The maximum atomic E-state index is 13.3. The van der Waals surface area contributed by atoms with Crippen molar-refractivity contribution in [2.75, 3.05) is 0 Å². The van der Waals surface area contributed by atoms with E-state index in [0.717, 1.165) is 0 Å². The molecular formula is C8H12BrFO3. The van der Waals surface area contributed by atoms with E-state index in [9.17, 15) is 9.18 Å². The normalized spacial score (nSPS) is 39.1. The standard InChI is InChI=1S/C8H12BrFO3/c1-3-5-7(12-4(2)11)6(10)8(9)13-5/h5-8H,3H2,1-2H3/t5-,6?,7+,8?/m1/s1. The first-order chi connectivity index (χ1) is 6.06. The average Bonchev–Trinajstić information content (AvgIpc) is 2.31. The average molecular weight is 255 g/mol. The summed E-state index contributed by atoms with van der Waals surface area (Å²) in [6.07, 6.45) is -1.77. The van der Waals surface area contributed by atoms with Gasteiger partial charge >= 0.3 is 5.97 Å². The van der Waals surface area contributed by atoms with Gasteiger partial charge in [0.15, 0.2) is 12.3 Å². The van der Waals surface area contributed by atoms with Crippen LogP contribution in [0.4, 0.5) is 4.39 Å². The third-order valence-electron chi connectivity index (χ3n) is 1.94. The van der Waals surface area contributed by atoms with Gasteiger partial charge in [0.2, 0.25) is 0 Å². The summed E-state index contributed by atoms with van der Waals surface area (Å²) in [5.41, 5.74) is 0. The number of hydrogen-bond donors (Lipinski definition) is 0. The van der Waals surface area contributed by atoms with Crippen LogP contribution in [0.2, 0.25) is 0 Å². The quantitative estimate of drug-likeness (QED) is 0.557. The van der Waals surface area contributed by atoms with Crippen molar-refractivity contribution in [3.63, 3.8) is 0 Å². The topological polar surface area (TPSA) is 35.5 Å². The molecule has 0 N–H and O–H groups in total. The summed E-state index contributed by atoms with van der Waals surface area (Å²) in [5.74, 6) is -0.476. The molecule has 4 atom stereocenters. The lowest BCUT2D eigenvalue weighted by atomic mass is 10.1. The van der Waals surface area contributed by atoms with Crippen LogP contribution in [0.1, 0.15) is 20.3 Å². The lowest BCUT2D eigenvalue weighted by molar-refractivity contribution is -0.151.